The summed E-state index contributed by atoms with van der Waals surface area (Å²) in [5, 5.41) is 10.6. The van der Waals surface area contributed by atoms with E-state index in [0.29, 0.717) is 12.3 Å². The van der Waals surface area contributed by atoms with Crippen LogP contribution in [0.3, 0.4) is 0 Å². The van der Waals surface area contributed by atoms with E-state index in [0.717, 1.165) is 12.1 Å². The van der Waals surface area contributed by atoms with Crippen LogP contribution in [0.5, 0.6) is 0 Å². The maximum absolute atomic E-state index is 13.4. The van der Waals surface area contributed by atoms with E-state index >= 15 is 0 Å². The summed E-state index contributed by atoms with van der Waals surface area (Å²) < 4.78 is 13.4. The SMILES string of the molecule is CC(C)C[C@H](N)c1cc([N+](=O)[O-])ccc1F. The fourth-order valence-electron chi connectivity index (χ4n) is 1.56. The van der Waals surface area contributed by atoms with Gasteiger partial charge < -0.3 is 5.73 Å². The van der Waals surface area contributed by atoms with Crippen molar-refractivity contribution in [3.63, 3.8) is 0 Å². The third-order valence-electron chi connectivity index (χ3n) is 2.32. The summed E-state index contributed by atoms with van der Waals surface area (Å²) >= 11 is 0. The highest BCUT2D eigenvalue weighted by Gasteiger charge is 2.17. The molecule has 0 radical (unpaired) electrons. The van der Waals surface area contributed by atoms with Crippen molar-refractivity contribution in [1.82, 2.24) is 0 Å². The third kappa shape index (κ3) is 3.00. The average molecular weight is 226 g/mol. The number of nitrogens with zero attached hydrogens (tertiary/aromatic N) is 1. The maximum Gasteiger partial charge on any atom is 0.269 e. The molecule has 0 heterocycles. The normalized spacial score (nSPS) is 12.8. The molecule has 5 heteroatoms. The number of nitrogens with two attached hydrogens (primary N) is 1. The highest BCUT2D eigenvalue weighted by molar-refractivity contribution is 5.36. The van der Waals surface area contributed by atoms with Gasteiger partial charge in [-0.05, 0) is 18.4 Å². The Morgan fingerprint density at radius 1 is 1.50 bits per heavy atom. The van der Waals surface area contributed by atoms with E-state index in [1.54, 1.807) is 0 Å². The smallest absolute Gasteiger partial charge is 0.269 e. The van der Waals surface area contributed by atoms with Gasteiger partial charge in [0.05, 0.1) is 4.92 Å². The van der Waals surface area contributed by atoms with Crippen LogP contribution < -0.4 is 5.73 Å². The molecule has 0 aliphatic carbocycles. The van der Waals surface area contributed by atoms with Gasteiger partial charge in [-0.15, -0.1) is 0 Å². The summed E-state index contributed by atoms with van der Waals surface area (Å²) in [7, 11) is 0. The third-order valence-corrected chi connectivity index (χ3v) is 2.32. The Bertz CT molecular complexity index is 394. The number of hydrogen-bond donors (Lipinski definition) is 1. The van der Waals surface area contributed by atoms with Crippen molar-refractivity contribution >= 4 is 5.69 Å². The minimum atomic E-state index is -0.551. The zero-order valence-electron chi connectivity index (χ0n) is 9.31. The first-order chi connectivity index (χ1) is 7.41. The fourth-order valence-corrected chi connectivity index (χ4v) is 1.56. The Hall–Kier alpha value is -1.49. The van der Waals surface area contributed by atoms with Crippen molar-refractivity contribution in [2.75, 3.05) is 0 Å². The fraction of sp³-hybridized carbons (Fsp3) is 0.455. The molecular formula is C11H15FN2O2. The molecule has 1 aromatic carbocycles. The summed E-state index contributed by atoms with van der Waals surface area (Å²) in [6, 6.07) is 2.94. The van der Waals surface area contributed by atoms with Crippen LogP contribution in [0.25, 0.3) is 0 Å². The first kappa shape index (κ1) is 12.6. The van der Waals surface area contributed by atoms with Crippen LogP contribution in [0.2, 0.25) is 0 Å². The summed E-state index contributed by atoms with van der Waals surface area (Å²) in [6.07, 6.45) is 0.595. The van der Waals surface area contributed by atoms with Gasteiger partial charge in [0.25, 0.3) is 5.69 Å². The highest BCUT2D eigenvalue weighted by atomic mass is 19.1. The largest absolute Gasteiger partial charge is 0.324 e. The lowest BCUT2D eigenvalue weighted by molar-refractivity contribution is -0.385. The van der Waals surface area contributed by atoms with Crippen LogP contribution in [0.4, 0.5) is 10.1 Å². The van der Waals surface area contributed by atoms with E-state index in [-0.39, 0.29) is 11.3 Å². The molecule has 88 valence electrons. The predicted molar refractivity (Wildman–Crippen MR) is 59.4 cm³/mol. The first-order valence-electron chi connectivity index (χ1n) is 5.11. The Balaban J connectivity index is 3.02. The molecule has 0 saturated carbocycles. The summed E-state index contributed by atoms with van der Waals surface area (Å²) in [4.78, 5) is 10.0. The molecule has 1 aromatic rings. The molecule has 0 bridgehead atoms. The minimum absolute atomic E-state index is 0.129. The van der Waals surface area contributed by atoms with Gasteiger partial charge in [-0.25, -0.2) is 4.39 Å². The van der Waals surface area contributed by atoms with Gasteiger partial charge >= 0.3 is 0 Å². The first-order valence-corrected chi connectivity index (χ1v) is 5.11. The van der Waals surface area contributed by atoms with E-state index in [2.05, 4.69) is 0 Å². The molecular weight excluding hydrogens is 211 g/mol. The Kier molecular flexibility index (Phi) is 3.95. The van der Waals surface area contributed by atoms with Crippen molar-refractivity contribution in [1.29, 1.82) is 0 Å². The number of nitro groups is 1. The van der Waals surface area contributed by atoms with Gasteiger partial charge in [-0.1, -0.05) is 13.8 Å². The molecule has 0 aromatic heterocycles. The molecule has 4 nitrogen and oxygen atoms in total. The second-order valence-electron chi connectivity index (χ2n) is 4.20. The number of hydrogen-bond acceptors (Lipinski definition) is 3. The molecule has 0 amide bonds. The maximum atomic E-state index is 13.4. The van der Waals surface area contributed by atoms with Gasteiger partial charge in [-0.3, -0.25) is 10.1 Å². The molecule has 1 rings (SSSR count). The average Bonchev–Trinajstić information content (AvgIpc) is 2.16. The summed E-state index contributed by atoms with van der Waals surface area (Å²) in [5.74, 6) is -0.174. The van der Waals surface area contributed by atoms with Crippen molar-refractivity contribution in [3.05, 3.63) is 39.7 Å². The van der Waals surface area contributed by atoms with Gasteiger partial charge in [0.2, 0.25) is 0 Å². The van der Waals surface area contributed by atoms with E-state index < -0.39 is 16.8 Å². The highest BCUT2D eigenvalue weighted by Crippen LogP contribution is 2.25. The Labute approximate surface area is 93.4 Å². The van der Waals surface area contributed by atoms with Crippen molar-refractivity contribution in [3.8, 4) is 0 Å². The lowest BCUT2D eigenvalue weighted by atomic mass is 9.97. The molecule has 2 N–H and O–H groups in total. The van der Waals surface area contributed by atoms with Crippen LogP contribution >= 0.6 is 0 Å². The molecule has 0 spiro atoms. The van der Waals surface area contributed by atoms with Crippen LogP contribution in [-0.2, 0) is 0 Å². The van der Waals surface area contributed by atoms with E-state index in [1.165, 1.54) is 6.07 Å². The molecule has 0 fully saturated rings. The molecule has 0 saturated heterocycles. The van der Waals surface area contributed by atoms with Crippen molar-refractivity contribution in [2.24, 2.45) is 11.7 Å². The number of non-ortho nitro benzene ring substituents is 1. The van der Waals surface area contributed by atoms with Gasteiger partial charge in [0.1, 0.15) is 5.82 Å². The zero-order valence-corrected chi connectivity index (χ0v) is 9.31. The molecule has 0 unspecified atom stereocenters. The van der Waals surface area contributed by atoms with E-state index in [1.807, 2.05) is 13.8 Å². The zero-order chi connectivity index (χ0) is 12.3. The second-order valence-corrected chi connectivity index (χ2v) is 4.20. The summed E-state index contributed by atoms with van der Waals surface area (Å²) in [6.45, 7) is 3.93. The van der Waals surface area contributed by atoms with E-state index in [9.17, 15) is 14.5 Å². The quantitative estimate of drug-likeness (QED) is 0.634. The Morgan fingerprint density at radius 2 is 2.12 bits per heavy atom. The molecule has 0 aliphatic rings. The second kappa shape index (κ2) is 5.03. The number of rotatable bonds is 4. The van der Waals surface area contributed by atoms with Gasteiger partial charge in [0, 0.05) is 23.7 Å². The lowest BCUT2D eigenvalue weighted by Gasteiger charge is -2.14. The van der Waals surface area contributed by atoms with Crippen LogP contribution in [0.15, 0.2) is 18.2 Å². The Morgan fingerprint density at radius 3 is 2.62 bits per heavy atom. The van der Waals surface area contributed by atoms with E-state index in [4.69, 9.17) is 5.73 Å². The molecule has 0 aliphatic heterocycles. The number of nitro benzene ring substituents is 1. The van der Waals surface area contributed by atoms with Crippen molar-refractivity contribution < 1.29 is 9.31 Å². The minimum Gasteiger partial charge on any atom is -0.324 e. The van der Waals surface area contributed by atoms with Crippen LogP contribution in [0.1, 0.15) is 31.9 Å². The molecule has 16 heavy (non-hydrogen) atoms. The molecule has 1 atom stereocenters. The number of benzene rings is 1. The van der Waals surface area contributed by atoms with Crippen LogP contribution in [0, 0.1) is 21.8 Å². The van der Waals surface area contributed by atoms with Gasteiger partial charge in [-0.2, -0.15) is 0 Å². The topological polar surface area (TPSA) is 69.2 Å². The number of halogens is 1. The lowest BCUT2D eigenvalue weighted by Crippen LogP contribution is -2.14. The summed E-state index contributed by atoms with van der Waals surface area (Å²) in [5.41, 5.74) is 5.89. The standard InChI is InChI=1S/C11H15FN2O2/c1-7(2)5-11(13)9-6-8(14(15)16)3-4-10(9)12/h3-4,6-7,11H,5,13H2,1-2H3/t11-/m0/s1. The van der Waals surface area contributed by atoms with Gasteiger partial charge in [0.15, 0.2) is 0 Å². The monoisotopic (exact) mass is 226 g/mol. The predicted octanol–water partition coefficient (Wildman–Crippen LogP) is 2.78. The van der Waals surface area contributed by atoms with Crippen LogP contribution in [-0.4, -0.2) is 4.92 Å². The van der Waals surface area contributed by atoms with Crippen molar-refractivity contribution in [2.45, 2.75) is 26.3 Å².